The molecule has 3 nitrogen and oxygen atoms in total. The van der Waals surface area contributed by atoms with Crippen molar-refractivity contribution >= 4 is 5.78 Å². The van der Waals surface area contributed by atoms with E-state index in [4.69, 9.17) is 9.47 Å². The van der Waals surface area contributed by atoms with Crippen molar-refractivity contribution in [1.82, 2.24) is 0 Å². The van der Waals surface area contributed by atoms with Gasteiger partial charge >= 0.3 is 0 Å². The van der Waals surface area contributed by atoms with E-state index in [1.807, 2.05) is 0 Å². The second kappa shape index (κ2) is 4.79. The van der Waals surface area contributed by atoms with Gasteiger partial charge in [0.15, 0.2) is 5.78 Å². The molecule has 0 N–H and O–H groups in total. The van der Waals surface area contributed by atoms with Crippen LogP contribution in [-0.4, -0.2) is 25.1 Å². The second-order valence-electron chi connectivity index (χ2n) is 4.19. The molecule has 1 saturated heterocycles. The predicted octanol–water partition coefficient (Wildman–Crippen LogP) is 2.06. The molecule has 2 heterocycles. The monoisotopic (exact) mass is 210 g/mol. The summed E-state index contributed by atoms with van der Waals surface area (Å²) < 4.78 is 10.7. The van der Waals surface area contributed by atoms with Gasteiger partial charge < -0.3 is 9.47 Å². The molecular formula is C12H18O3. The number of ketones is 1. The summed E-state index contributed by atoms with van der Waals surface area (Å²) in [4.78, 5) is 12.1. The lowest BCUT2D eigenvalue weighted by Gasteiger charge is -2.19. The average molecular weight is 210 g/mol. The van der Waals surface area contributed by atoms with Crippen LogP contribution in [-0.2, 0) is 14.3 Å². The topological polar surface area (TPSA) is 35.5 Å². The first kappa shape index (κ1) is 10.7. The summed E-state index contributed by atoms with van der Waals surface area (Å²) in [5.41, 5.74) is 0.857. The SMILES string of the molecule is CCC1OCCC1C(=O)C1=COCCC1. The molecule has 0 aromatic heterocycles. The molecule has 0 aromatic carbocycles. The lowest BCUT2D eigenvalue weighted by atomic mass is 9.89. The zero-order valence-electron chi connectivity index (χ0n) is 9.20. The van der Waals surface area contributed by atoms with Crippen LogP contribution in [0, 0.1) is 5.92 Å². The maximum absolute atomic E-state index is 12.1. The molecule has 0 radical (unpaired) electrons. The van der Waals surface area contributed by atoms with Crippen molar-refractivity contribution in [3.05, 3.63) is 11.8 Å². The quantitative estimate of drug-likeness (QED) is 0.715. The number of rotatable bonds is 3. The van der Waals surface area contributed by atoms with Crippen LogP contribution in [0.3, 0.4) is 0 Å². The predicted molar refractivity (Wildman–Crippen MR) is 56.4 cm³/mol. The number of hydrogen-bond acceptors (Lipinski definition) is 3. The maximum Gasteiger partial charge on any atom is 0.167 e. The molecule has 2 atom stereocenters. The molecule has 0 bridgehead atoms. The van der Waals surface area contributed by atoms with Crippen LogP contribution < -0.4 is 0 Å². The Labute approximate surface area is 90.4 Å². The average Bonchev–Trinajstić information content (AvgIpc) is 2.77. The zero-order chi connectivity index (χ0) is 10.7. The van der Waals surface area contributed by atoms with Gasteiger partial charge in [-0.3, -0.25) is 4.79 Å². The zero-order valence-corrected chi connectivity index (χ0v) is 9.20. The molecule has 1 fully saturated rings. The first-order valence-electron chi connectivity index (χ1n) is 5.79. The minimum absolute atomic E-state index is 0.0722. The largest absolute Gasteiger partial charge is 0.501 e. The van der Waals surface area contributed by atoms with Gasteiger partial charge in [0, 0.05) is 12.2 Å². The van der Waals surface area contributed by atoms with E-state index in [0.29, 0.717) is 0 Å². The van der Waals surface area contributed by atoms with Gasteiger partial charge in [0.2, 0.25) is 0 Å². The second-order valence-corrected chi connectivity index (χ2v) is 4.19. The fourth-order valence-corrected chi connectivity index (χ4v) is 2.33. The number of ether oxygens (including phenoxy) is 2. The van der Waals surface area contributed by atoms with Crippen LogP contribution in [0.4, 0.5) is 0 Å². The van der Waals surface area contributed by atoms with E-state index in [1.54, 1.807) is 6.26 Å². The van der Waals surface area contributed by atoms with E-state index in [0.717, 1.165) is 44.5 Å². The molecule has 0 aromatic rings. The summed E-state index contributed by atoms with van der Waals surface area (Å²) in [7, 11) is 0. The number of carbonyl (C=O) groups excluding carboxylic acids is 1. The summed E-state index contributed by atoms with van der Waals surface area (Å²) in [6.45, 7) is 3.54. The molecule has 2 aliphatic heterocycles. The van der Waals surface area contributed by atoms with Crippen molar-refractivity contribution in [2.45, 2.75) is 38.7 Å². The van der Waals surface area contributed by atoms with Crippen LogP contribution >= 0.6 is 0 Å². The molecule has 0 spiro atoms. The van der Waals surface area contributed by atoms with Crippen molar-refractivity contribution in [3.8, 4) is 0 Å². The minimum atomic E-state index is 0.0722. The minimum Gasteiger partial charge on any atom is -0.501 e. The summed E-state index contributed by atoms with van der Waals surface area (Å²) in [5, 5.41) is 0. The maximum atomic E-state index is 12.1. The van der Waals surface area contributed by atoms with Crippen molar-refractivity contribution in [1.29, 1.82) is 0 Å². The van der Waals surface area contributed by atoms with E-state index in [2.05, 4.69) is 6.92 Å². The Morgan fingerprint density at radius 2 is 2.40 bits per heavy atom. The van der Waals surface area contributed by atoms with E-state index in [-0.39, 0.29) is 17.8 Å². The van der Waals surface area contributed by atoms with Gasteiger partial charge in [-0.25, -0.2) is 0 Å². The number of allylic oxidation sites excluding steroid dienone is 1. The smallest absolute Gasteiger partial charge is 0.167 e. The fraction of sp³-hybridized carbons (Fsp3) is 0.750. The van der Waals surface area contributed by atoms with Gasteiger partial charge in [-0.15, -0.1) is 0 Å². The van der Waals surface area contributed by atoms with Gasteiger partial charge in [-0.05, 0) is 25.7 Å². The molecule has 0 aliphatic carbocycles. The highest BCUT2D eigenvalue weighted by molar-refractivity contribution is 5.97. The summed E-state index contributed by atoms with van der Waals surface area (Å²) in [5.74, 6) is 0.321. The standard InChI is InChI=1S/C12H18O3/c1-2-11-10(5-7-15-11)12(13)9-4-3-6-14-8-9/h8,10-11H,2-7H2,1H3. The van der Waals surface area contributed by atoms with Crippen molar-refractivity contribution in [3.63, 3.8) is 0 Å². The van der Waals surface area contributed by atoms with E-state index >= 15 is 0 Å². The first-order chi connectivity index (χ1) is 7.33. The van der Waals surface area contributed by atoms with Gasteiger partial charge in [0.25, 0.3) is 0 Å². The van der Waals surface area contributed by atoms with Crippen LogP contribution in [0.15, 0.2) is 11.8 Å². The third kappa shape index (κ3) is 2.23. The molecule has 0 saturated carbocycles. The van der Waals surface area contributed by atoms with E-state index in [9.17, 15) is 4.79 Å². The Kier molecular flexibility index (Phi) is 3.41. The van der Waals surface area contributed by atoms with E-state index < -0.39 is 0 Å². The molecule has 2 rings (SSSR count). The molecule has 2 unspecified atom stereocenters. The molecule has 2 aliphatic rings. The molecule has 0 amide bonds. The lowest BCUT2D eigenvalue weighted by molar-refractivity contribution is -0.121. The Balaban J connectivity index is 2.03. The van der Waals surface area contributed by atoms with Crippen LogP contribution in [0.1, 0.15) is 32.6 Å². The van der Waals surface area contributed by atoms with Gasteiger partial charge in [-0.1, -0.05) is 6.92 Å². The Morgan fingerprint density at radius 3 is 3.07 bits per heavy atom. The summed E-state index contributed by atoms with van der Waals surface area (Å²) in [6.07, 6.45) is 5.39. The van der Waals surface area contributed by atoms with Crippen molar-refractivity contribution in [2.75, 3.05) is 13.2 Å². The number of carbonyl (C=O) groups is 1. The Bertz CT molecular complexity index is 270. The summed E-state index contributed by atoms with van der Waals surface area (Å²) in [6, 6.07) is 0. The van der Waals surface area contributed by atoms with Crippen molar-refractivity contribution < 1.29 is 14.3 Å². The number of Topliss-reactive ketones (excluding diaryl/α,β-unsaturated/α-hetero) is 1. The molecule has 3 heteroatoms. The molecule has 84 valence electrons. The summed E-state index contributed by atoms with van der Waals surface area (Å²) >= 11 is 0. The highest BCUT2D eigenvalue weighted by Crippen LogP contribution is 2.28. The van der Waals surface area contributed by atoms with E-state index in [1.165, 1.54) is 0 Å². The highest BCUT2D eigenvalue weighted by atomic mass is 16.5. The molecular weight excluding hydrogens is 192 g/mol. The number of hydrogen-bond donors (Lipinski definition) is 0. The third-order valence-electron chi connectivity index (χ3n) is 3.20. The normalized spacial score (nSPS) is 30.9. The van der Waals surface area contributed by atoms with Gasteiger partial charge in [0.1, 0.15) is 0 Å². The first-order valence-corrected chi connectivity index (χ1v) is 5.79. The van der Waals surface area contributed by atoms with Gasteiger partial charge in [0.05, 0.1) is 24.9 Å². The Morgan fingerprint density at radius 1 is 1.53 bits per heavy atom. The fourth-order valence-electron chi connectivity index (χ4n) is 2.33. The third-order valence-corrected chi connectivity index (χ3v) is 3.20. The highest BCUT2D eigenvalue weighted by Gasteiger charge is 2.34. The van der Waals surface area contributed by atoms with Gasteiger partial charge in [-0.2, -0.15) is 0 Å². The van der Waals surface area contributed by atoms with Crippen molar-refractivity contribution in [2.24, 2.45) is 5.92 Å². The Hall–Kier alpha value is -0.830. The van der Waals surface area contributed by atoms with Crippen LogP contribution in [0.5, 0.6) is 0 Å². The van der Waals surface area contributed by atoms with Crippen LogP contribution in [0.25, 0.3) is 0 Å². The lowest BCUT2D eigenvalue weighted by Crippen LogP contribution is -2.26. The molecule has 15 heavy (non-hydrogen) atoms. The van der Waals surface area contributed by atoms with Crippen LogP contribution in [0.2, 0.25) is 0 Å².